The number of hydrogen-bond acceptors (Lipinski definition) is 7. The molecule has 4 aromatic rings. The minimum atomic E-state index is -0.281. The van der Waals surface area contributed by atoms with E-state index in [1.54, 1.807) is 10.9 Å². The van der Waals surface area contributed by atoms with Gasteiger partial charge in [0, 0.05) is 31.3 Å². The fraction of sp³-hybridized carbons (Fsp3) is 0.393. The fourth-order valence-corrected chi connectivity index (χ4v) is 4.74. The number of ketones is 1. The van der Waals surface area contributed by atoms with Crippen LogP contribution in [0.4, 0.5) is 11.5 Å². The highest BCUT2D eigenvalue weighted by Gasteiger charge is 2.27. The first-order valence-electron chi connectivity index (χ1n) is 12.5. The van der Waals surface area contributed by atoms with Crippen LogP contribution in [0, 0.1) is 0 Å². The molecule has 3 aromatic heterocycles. The quantitative estimate of drug-likeness (QED) is 0.265. The van der Waals surface area contributed by atoms with Crippen LogP contribution in [0.5, 0.6) is 0 Å². The summed E-state index contributed by atoms with van der Waals surface area (Å²) in [4.78, 5) is 21.9. The number of aromatic nitrogens is 5. The zero-order valence-electron chi connectivity index (χ0n) is 21.3. The van der Waals surface area contributed by atoms with Crippen LogP contribution in [0.3, 0.4) is 0 Å². The van der Waals surface area contributed by atoms with Gasteiger partial charge in [-0.25, -0.2) is 4.98 Å². The molecule has 0 saturated heterocycles. The van der Waals surface area contributed by atoms with Crippen molar-refractivity contribution < 1.29 is 9.32 Å². The molecule has 0 spiro atoms. The average Bonchev–Trinajstić information content (AvgIpc) is 3.46. The van der Waals surface area contributed by atoms with Crippen molar-refractivity contribution in [3.8, 4) is 11.1 Å². The van der Waals surface area contributed by atoms with Crippen molar-refractivity contribution in [1.82, 2.24) is 24.9 Å². The van der Waals surface area contributed by atoms with E-state index >= 15 is 0 Å². The summed E-state index contributed by atoms with van der Waals surface area (Å²) in [5.74, 6) is 1.55. The van der Waals surface area contributed by atoms with Gasteiger partial charge in [-0.15, -0.1) is 0 Å². The van der Waals surface area contributed by atoms with Crippen LogP contribution in [0.25, 0.3) is 11.1 Å². The molecule has 186 valence electrons. The highest BCUT2D eigenvalue weighted by molar-refractivity contribution is 5.93. The molecule has 3 heterocycles. The van der Waals surface area contributed by atoms with Gasteiger partial charge in [0.05, 0.1) is 11.9 Å². The number of carbonyl (C=O) groups is 1. The molecule has 0 radical (unpaired) electrons. The van der Waals surface area contributed by atoms with Gasteiger partial charge in [-0.05, 0) is 59.6 Å². The number of hydrogen-bond donors (Lipinski definition) is 1. The predicted molar refractivity (Wildman–Crippen MR) is 138 cm³/mol. The molecule has 1 aliphatic carbocycles. The molecule has 0 fully saturated rings. The number of pyridine rings is 1. The van der Waals surface area contributed by atoms with E-state index in [9.17, 15) is 4.79 Å². The molecular weight excluding hydrogens is 452 g/mol. The van der Waals surface area contributed by atoms with Gasteiger partial charge < -0.3 is 9.84 Å². The van der Waals surface area contributed by atoms with Crippen molar-refractivity contribution in [3.63, 3.8) is 0 Å². The fourth-order valence-electron chi connectivity index (χ4n) is 4.74. The molecular formula is C28H32N6O2. The Balaban J connectivity index is 1.36. The summed E-state index contributed by atoms with van der Waals surface area (Å²) >= 11 is 0. The monoisotopic (exact) mass is 484 g/mol. The Kier molecular flexibility index (Phi) is 6.43. The van der Waals surface area contributed by atoms with Gasteiger partial charge >= 0.3 is 0 Å². The number of anilines is 2. The summed E-state index contributed by atoms with van der Waals surface area (Å²) in [6.07, 6.45) is 10.1. The van der Waals surface area contributed by atoms with Crippen molar-refractivity contribution >= 4 is 17.3 Å². The lowest BCUT2D eigenvalue weighted by atomic mass is 9.87. The number of aryl methyl sites for hydroxylation is 2. The number of Topliss-reactive ketones (excluding diaryl/α,β-unsaturated/α-hetero) is 1. The Morgan fingerprint density at radius 2 is 2.00 bits per heavy atom. The number of benzene rings is 1. The lowest BCUT2D eigenvalue weighted by molar-refractivity contribution is 0.0959. The second-order valence-electron chi connectivity index (χ2n) is 10.6. The summed E-state index contributed by atoms with van der Waals surface area (Å²) in [6, 6.07) is 10.7. The summed E-state index contributed by atoms with van der Waals surface area (Å²) in [5.41, 5.74) is 5.42. The van der Waals surface area contributed by atoms with Crippen LogP contribution in [-0.2, 0) is 18.9 Å². The highest BCUT2D eigenvalue weighted by atomic mass is 16.5. The summed E-state index contributed by atoms with van der Waals surface area (Å²) in [6.45, 7) is 5.98. The molecule has 5 rings (SSSR count). The number of carbonyl (C=O) groups excluding carboxylic acids is 1. The van der Waals surface area contributed by atoms with E-state index in [0.29, 0.717) is 12.3 Å². The van der Waals surface area contributed by atoms with E-state index in [1.165, 1.54) is 11.1 Å². The van der Waals surface area contributed by atoms with Gasteiger partial charge in [0.15, 0.2) is 0 Å². The van der Waals surface area contributed by atoms with Crippen molar-refractivity contribution in [2.75, 3.05) is 5.32 Å². The van der Waals surface area contributed by atoms with Crippen molar-refractivity contribution in [2.24, 2.45) is 7.05 Å². The van der Waals surface area contributed by atoms with Crippen LogP contribution in [0.15, 0.2) is 53.4 Å². The van der Waals surface area contributed by atoms with Gasteiger partial charge in [0.25, 0.3) is 0 Å². The lowest BCUT2D eigenvalue weighted by Crippen LogP contribution is -2.13. The van der Waals surface area contributed by atoms with Crippen molar-refractivity contribution in [3.05, 3.63) is 71.8 Å². The molecule has 8 heteroatoms. The Labute approximate surface area is 211 Å². The summed E-state index contributed by atoms with van der Waals surface area (Å²) in [5, 5.41) is 11.5. The zero-order chi connectivity index (χ0) is 25.3. The second kappa shape index (κ2) is 9.68. The Bertz CT molecular complexity index is 1380. The SMILES string of the molecule is Cn1cc(Nc2cc(-c3ccc4c(c3)CCCC[C@H]4CC(=O)c3noc(C(C)(C)C)n3)ccn2)cn1. The van der Waals surface area contributed by atoms with Crippen LogP contribution < -0.4 is 5.32 Å². The third kappa shape index (κ3) is 5.22. The number of fused-ring (bicyclic) bond motifs is 1. The zero-order valence-corrected chi connectivity index (χ0v) is 21.3. The largest absolute Gasteiger partial charge is 0.338 e. The Morgan fingerprint density at radius 1 is 1.17 bits per heavy atom. The van der Waals surface area contributed by atoms with Crippen LogP contribution in [0.1, 0.15) is 80.0 Å². The topological polar surface area (TPSA) is 98.7 Å². The van der Waals surface area contributed by atoms with E-state index in [0.717, 1.165) is 48.3 Å². The molecule has 0 saturated carbocycles. The van der Waals surface area contributed by atoms with Gasteiger partial charge in [-0.1, -0.05) is 50.5 Å². The third-order valence-corrected chi connectivity index (χ3v) is 6.65. The molecule has 0 aliphatic heterocycles. The maximum absolute atomic E-state index is 13.0. The average molecular weight is 485 g/mol. The van der Waals surface area contributed by atoms with E-state index < -0.39 is 0 Å². The van der Waals surface area contributed by atoms with E-state index in [1.807, 2.05) is 46.3 Å². The van der Waals surface area contributed by atoms with Crippen molar-refractivity contribution in [2.45, 2.75) is 64.2 Å². The molecule has 0 unspecified atom stereocenters. The number of nitrogens with zero attached hydrogens (tertiary/aromatic N) is 5. The first-order valence-corrected chi connectivity index (χ1v) is 12.5. The third-order valence-electron chi connectivity index (χ3n) is 6.65. The molecule has 1 N–H and O–H groups in total. The minimum absolute atomic E-state index is 0.0589. The molecule has 8 nitrogen and oxygen atoms in total. The number of rotatable bonds is 6. The van der Waals surface area contributed by atoms with Gasteiger partial charge in [0.1, 0.15) is 5.82 Å². The van der Waals surface area contributed by atoms with Gasteiger partial charge in [-0.3, -0.25) is 9.48 Å². The van der Waals surface area contributed by atoms with Crippen LogP contribution in [0.2, 0.25) is 0 Å². The molecule has 36 heavy (non-hydrogen) atoms. The molecule has 0 bridgehead atoms. The Morgan fingerprint density at radius 3 is 2.75 bits per heavy atom. The lowest BCUT2D eigenvalue weighted by Gasteiger charge is -2.17. The normalized spacial score (nSPS) is 15.8. The molecule has 0 amide bonds. The summed E-state index contributed by atoms with van der Waals surface area (Å²) in [7, 11) is 1.89. The molecule has 1 aromatic carbocycles. The first-order chi connectivity index (χ1) is 17.3. The predicted octanol–water partition coefficient (Wildman–Crippen LogP) is 5.99. The van der Waals surface area contributed by atoms with Crippen LogP contribution >= 0.6 is 0 Å². The minimum Gasteiger partial charge on any atom is -0.338 e. The van der Waals surface area contributed by atoms with Gasteiger partial charge in [0.2, 0.25) is 17.5 Å². The standard InChI is InChI=1S/C28H32N6O2/c1-28(2,3)27-32-26(33-36-27)24(35)14-21-8-6-5-7-20-13-18(9-10-23(20)21)19-11-12-29-25(15-19)31-22-16-30-34(4)17-22/h9-13,15-17,21H,5-8,14H2,1-4H3,(H,29,31)/t21-/m0/s1. The summed E-state index contributed by atoms with van der Waals surface area (Å²) < 4.78 is 7.10. The van der Waals surface area contributed by atoms with Crippen LogP contribution in [-0.4, -0.2) is 30.7 Å². The maximum Gasteiger partial charge on any atom is 0.238 e. The number of nitrogens with one attached hydrogen (secondary N) is 1. The molecule has 1 aliphatic rings. The second-order valence-corrected chi connectivity index (χ2v) is 10.6. The molecule has 1 atom stereocenters. The highest BCUT2D eigenvalue weighted by Crippen LogP contribution is 2.36. The van der Waals surface area contributed by atoms with Gasteiger partial charge in [-0.2, -0.15) is 10.1 Å². The van der Waals surface area contributed by atoms with E-state index in [-0.39, 0.29) is 22.9 Å². The van der Waals surface area contributed by atoms with E-state index in [2.05, 4.69) is 49.8 Å². The Hall–Kier alpha value is -3.81. The maximum atomic E-state index is 13.0. The van der Waals surface area contributed by atoms with E-state index in [4.69, 9.17) is 4.52 Å². The smallest absolute Gasteiger partial charge is 0.238 e. The van der Waals surface area contributed by atoms with Crippen molar-refractivity contribution in [1.29, 1.82) is 0 Å². The first kappa shape index (κ1) is 23.9.